The van der Waals surface area contributed by atoms with Crippen LogP contribution in [0.1, 0.15) is 31.4 Å². The molecule has 1 fully saturated rings. The van der Waals surface area contributed by atoms with E-state index in [-0.39, 0.29) is 5.82 Å². The zero-order valence-electron chi connectivity index (χ0n) is 19.5. The third-order valence-electron chi connectivity index (χ3n) is 5.93. The van der Waals surface area contributed by atoms with Crippen molar-refractivity contribution < 1.29 is 14.3 Å². The van der Waals surface area contributed by atoms with Gasteiger partial charge in [-0.3, -0.25) is 4.90 Å². The zero-order chi connectivity index (χ0) is 24.1. The summed E-state index contributed by atoms with van der Waals surface area (Å²) in [5.74, 6) is -0.623. The minimum atomic E-state index is -0.944. The van der Waals surface area contributed by atoms with E-state index in [4.69, 9.17) is 10.1 Å². The number of aliphatic carboxylic acids is 1. The molecular weight excluding hydrogens is 449 g/mol. The molecule has 0 aliphatic carbocycles. The molecule has 0 spiro atoms. The smallest absolute Gasteiger partial charge is 0.328 e. The summed E-state index contributed by atoms with van der Waals surface area (Å²) in [6, 6.07) is 15.0. The van der Waals surface area contributed by atoms with Crippen LogP contribution in [-0.4, -0.2) is 46.6 Å². The molecule has 0 amide bonds. The molecule has 1 aromatic heterocycles. The number of aromatic nitrogens is 1. The van der Waals surface area contributed by atoms with Gasteiger partial charge >= 0.3 is 5.97 Å². The molecule has 1 aliphatic heterocycles. The number of rotatable bonds is 8. The molecule has 178 valence electrons. The zero-order valence-corrected chi connectivity index (χ0v) is 20.3. The Balaban J connectivity index is 1.47. The van der Waals surface area contributed by atoms with Crippen molar-refractivity contribution in [1.29, 1.82) is 0 Å². The number of thiazole rings is 1. The number of anilines is 1. The van der Waals surface area contributed by atoms with E-state index in [0.717, 1.165) is 53.7 Å². The summed E-state index contributed by atoms with van der Waals surface area (Å²) in [7, 11) is 0. The molecule has 7 heteroatoms. The first-order valence-electron chi connectivity index (χ1n) is 11.6. The van der Waals surface area contributed by atoms with Gasteiger partial charge in [0, 0.05) is 44.5 Å². The van der Waals surface area contributed by atoms with Crippen molar-refractivity contribution in [1.82, 2.24) is 9.88 Å². The Morgan fingerprint density at radius 2 is 2.06 bits per heavy atom. The molecule has 34 heavy (non-hydrogen) atoms. The molecule has 0 bridgehead atoms. The van der Waals surface area contributed by atoms with Gasteiger partial charge in [-0.1, -0.05) is 61.6 Å². The molecule has 1 atom stereocenters. The number of halogens is 1. The van der Waals surface area contributed by atoms with Crippen molar-refractivity contribution in [3.8, 4) is 10.4 Å². The Bertz CT molecular complexity index is 1160. The molecule has 5 nitrogen and oxygen atoms in total. The van der Waals surface area contributed by atoms with E-state index in [0.29, 0.717) is 12.0 Å². The molecule has 0 unspecified atom stereocenters. The van der Waals surface area contributed by atoms with Crippen molar-refractivity contribution in [2.24, 2.45) is 5.92 Å². The molecule has 0 radical (unpaired) electrons. The number of carboxylic acid groups (broad SMARTS) is 1. The Labute approximate surface area is 204 Å². The maximum absolute atomic E-state index is 13.7. The highest BCUT2D eigenvalue weighted by Crippen LogP contribution is 2.34. The van der Waals surface area contributed by atoms with Crippen LogP contribution in [-0.2, 0) is 11.3 Å². The molecule has 0 saturated carbocycles. The minimum absolute atomic E-state index is 0.235. The molecule has 1 N–H and O–H groups in total. The predicted octanol–water partition coefficient (Wildman–Crippen LogP) is 5.78. The largest absolute Gasteiger partial charge is 0.478 e. The summed E-state index contributed by atoms with van der Waals surface area (Å²) in [6.07, 6.45) is 5.71. The summed E-state index contributed by atoms with van der Waals surface area (Å²) in [6.45, 7) is 8.04. The van der Waals surface area contributed by atoms with Gasteiger partial charge in [0.25, 0.3) is 0 Å². The molecule has 1 saturated heterocycles. The van der Waals surface area contributed by atoms with E-state index in [9.17, 15) is 9.18 Å². The van der Waals surface area contributed by atoms with Gasteiger partial charge in [-0.15, -0.1) is 0 Å². The van der Waals surface area contributed by atoms with Crippen molar-refractivity contribution in [3.05, 3.63) is 77.7 Å². The van der Waals surface area contributed by atoms with E-state index in [1.165, 1.54) is 17.7 Å². The molecule has 1 aliphatic rings. The number of carbonyl (C=O) groups is 1. The van der Waals surface area contributed by atoms with Crippen LogP contribution in [0.4, 0.5) is 9.52 Å². The lowest BCUT2D eigenvalue weighted by atomic mass is 10.00. The third-order valence-corrected chi connectivity index (χ3v) is 7.02. The standard InChI is InChI=1S/C27H30FN3O2S/c1-19(2)13-24-18-30(17-21-6-3-5-20(14-21)9-10-26(32)33)11-12-31(24)27-29-16-25(34-27)22-7-4-8-23(28)15-22/h3-10,14-16,19,24H,11-13,17-18H2,1-2H3,(H,32,33)/b10-9+/t24-/m1/s1. The quantitative estimate of drug-likeness (QED) is 0.415. The number of benzene rings is 2. The van der Waals surface area contributed by atoms with Crippen LogP contribution in [0.25, 0.3) is 16.5 Å². The molecule has 2 heterocycles. The maximum atomic E-state index is 13.7. The number of hydrogen-bond acceptors (Lipinski definition) is 5. The summed E-state index contributed by atoms with van der Waals surface area (Å²) in [5, 5.41) is 9.87. The van der Waals surface area contributed by atoms with E-state index >= 15 is 0 Å². The maximum Gasteiger partial charge on any atom is 0.328 e. The lowest BCUT2D eigenvalue weighted by molar-refractivity contribution is -0.131. The molecule has 2 aromatic carbocycles. The molecule has 3 aromatic rings. The van der Waals surface area contributed by atoms with E-state index in [2.05, 4.69) is 35.8 Å². The Kier molecular flexibility index (Phi) is 7.75. The third kappa shape index (κ3) is 6.30. The highest BCUT2D eigenvalue weighted by Gasteiger charge is 2.29. The van der Waals surface area contributed by atoms with Crippen molar-refractivity contribution >= 4 is 28.5 Å². The van der Waals surface area contributed by atoms with Gasteiger partial charge in [0.1, 0.15) is 5.82 Å². The normalized spacial score (nSPS) is 17.1. The second kappa shape index (κ2) is 10.9. The predicted molar refractivity (Wildman–Crippen MR) is 136 cm³/mol. The molecule has 4 rings (SSSR count). The highest BCUT2D eigenvalue weighted by molar-refractivity contribution is 7.18. The molecular formula is C27H30FN3O2S. The summed E-state index contributed by atoms with van der Waals surface area (Å²) in [5.41, 5.74) is 2.93. The fourth-order valence-electron chi connectivity index (χ4n) is 4.45. The van der Waals surface area contributed by atoms with Gasteiger partial charge in [0.2, 0.25) is 0 Å². The van der Waals surface area contributed by atoms with Crippen LogP contribution in [0.5, 0.6) is 0 Å². The second-order valence-electron chi connectivity index (χ2n) is 9.15. The summed E-state index contributed by atoms with van der Waals surface area (Å²) >= 11 is 1.62. The van der Waals surface area contributed by atoms with Crippen molar-refractivity contribution in [2.75, 3.05) is 24.5 Å². The van der Waals surface area contributed by atoms with Crippen molar-refractivity contribution in [3.63, 3.8) is 0 Å². The average Bonchev–Trinajstić information content (AvgIpc) is 3.28. The Morgan fingerprint density at radius 1 is 1.24 bits per heavy atom. The number of piperazine rings is 1. The van der Waals surface area contributed by atoms with Gasteiger partial charge in [-0.05, 0) is 47.2 Å². The first-order valence-corrected chi connectivity index (χ1v) is 12.4. The minimum Gasteiger partial charge on any atom is -0.478 e. The van der Waals surface area contributed by atoms with Crippen LogP contribution in [0.2, 0.25) is 0 Å². The van der Waals surface area contributed by atoms with Gasteiger partial charge in [0.15, 0.2) is 5.13 Å². The number of nitrogens with zero attached hydrogens (tertiary/aromatic N) is 3. The lowest BCUT2D eigenvalue weighted by Crippen LogP contribution is -2.53. The van der Waals surface area contributed by atoms with Crippen LogP contribution in [0, 0.1) is 11.7 Å². The number of carboxylic acids is 1. The van der Waals surface area contributed by atoms with Crippen LogP contribution < -0.4 is 4.90 Å². The van der Waals surface area contributed by atoms with E-state index in [1.54, 1.807) is 29.5 Å². The summed E-state index contributed by atoms with van der Waals surface area (Å²) in [4.78, 5) is 21.4. The fourth-order valence-corrected chi connectivity index (χ4v) is 5.46. The van der Waals surface area contributed by atoms with Gasteiger partial charge in [-0.2, -0.15) is 0 Å². The number of hydrogen-bond donors (Lipinski definition) is 1. The first kappa shape index (κ1) is 24.1. The van der Waals surface area contributed by atoms with Gasteiger partial charge in [0.05, 0.1) is 4.88 Å². The van der Waals surface area contributed by atoms with Crippen LogP contribution >= 0.6 is 11.3 Å². The highest BCUT2D eigenvalue weighted by atomic mass is 32.1. The lowest BCUT2D eigenvalue weighted by Gasteiger charge is -2.42. The van der Waals surface area contributed by atoms with Crippen LogP contribution in [0.3, 0.4) is 0 Å². The second-order valence-corrected chi connectivity index (χ2v) is 10.2. The Hall–Kier alpha value is -3.03. The monoisotopic (exact) mass is 479 g/mol. The Morgan fingerprint density at radius 3 is 2.82 bits per heavy atom. The summed E-state index contributed by atoms with van der Waals surface area (Å²) < 4.78 is 13.7. The SMILES string of the molecule is CC(C)C[C@@H]1CN(Cc2cccc(/C=C/C(=O)O)c2)CCN1c1ncc(-c2cccc(F)c2)s1. The first-order chi connectivity index (χ1) is 16.4. The average molecular weight is 480 g/mol. The topological polar surface area (TPSA) is 56.7 Å². The van der Waals surface area contributed by atoms with Crippen molar-refractivity contribution in [2.45, 2.75) is 32.9 Å². The van der Waals surface area contributed by atoms with Gasteiger partial charge < -0.3 is 10.0 Å². The van der Waals surface area contributed by atoms with Gasteiger partial charge in [-0.25, -0.2) is 14.2 Å². The van der Waals surface area contributed by atoms with E-state index in [1.807, 2.05) is 24.4 Å². The van der Waals surface area contributed by atoms with Crippen LogP contribution in [0.15, 0.2) is 60.8 Å². The van der Waals surface area contributed by atoms with E-state index < -0.39 is 5.97 Å². The fraction of sp³-hybridized carbons (Fsp3) is 0.333.